The highest BCUT2D eigenvalue weighted by molar-refractivity contribution is 6.31. The maximum Gasteiger partial charge on any atom is 0.238 e. The predicted octanol–water partition coefficient (Wildman–Crippen LogP) is 5.54. The molecule has 0 aromatic heterocycles. The Hall–Kier alpha value is -2.82. The number of anilines is 1. The standard InChI is InChI=1S/C25H20Cl2N2O2/c1-14-5-2-3-8-18(14)23-25(19-10-9-17(27)12-21(19)28-24(25)31)20(13-22(30)29-23)15-6-4-7-16(26)11-15/h2-12,20,23H,13H2,1H3,(H,28,31)(H,29,30)/t20-,23+,25-/m0/s1. The predicted molar refractivity (Wildman–Crippen MR) is 123 cm³/mol. The van der Waals surface area contributed by atoms with E-state index in [-0.39, 0.29) is 18.2 Å². The topological polar surface area (TPSA) is 58.2 Å². The van der Waals surface area contributed by atoms with Crippen LogP contribution in [0.5, 0.6) is 0 Å². The molecule has 2 amide bonds. The lowest BCUT2D eigenvalue weighted by Gasteiger charge is -2.46. The molecule has 3 atom stereocenters. The molecule has 1 fully saturated rings. The van der Waals surface area contributed by atoms with Crippen LogP contribution in [0.15, 0.2) is 66.7 Å². The lowest BCUT2D eigenvalue weighted by Crippen LogP contribution is -2.57. The molecule has 0 unspecified atom stereocenters. The van der Waals surface area contributed by atoms with E-state index in [4.69, 9.17) is 23.2 Å². The number of carbonyl (C=O) groups excluding carboxylic acids is 2. The van der Waals surface area contributed by atoms with Gasteiger partial charge in [-0.25, -0.2) is 0 Å². The van der Waals surface area contributed by atoms with Crippen LogP contribution in [0.2, 0.25) is 10.0 Å². The summed E-state index contributed by atoms with van der Waals surface area (Å²) in [5.41, 5.74) is 3.26. The first kappa shape index (κ1) is 20.1. The van der Waals surface area contributed by atoms with Crippen molar-refractivity contribution in [3.63, 3.8) is 0 Å². The van der Waals surface area contributed by atoms with Gasteiger partial charge in [0.1, 0.15) is 5.41 Å². The zero-order valence-electron chi connectivity index (χ0n) is 16.8. The van der Waals surface area contributed by atoms with E-state index in [2.05, 4.69) is 10.6 Å². The van der Waals surface area contributed by atoms with Gasteiger partial charge in [-0.05, 0) is 53.4 Å². The van der Waals surface area contributed by atoms with E-state index in [1.165, 1.54) is 0 Å². The van der Waals surface area contributed by atoms with Gasteiger partial charge in [-0.2, -0.15) is 0 Å². The van der Waals surface area contributed by atoms with Gasteiger partial charge >= 0.3 is 0 Å². The average Bonchev–Trinajstić information content (AvgIpc) is 3.01. The fourth-order valence-corrected chi connectivity index (χ4v) is 5.55. The van der Waals surface area contributed by atoms with Gasteiger partial charge in [0, 0.05) is 28.1 Å². The number of aryl methyl sites for hydroxylation is 1. The molecule has 2 N–H and O–H groups in total. The Bertz CT molecular complexity index is 1230. The summed E-state index contributed by atoms with van der Waals surface area (Å²) in [6.45, 7) is 1.99. The number of hydrogen-bond donors (Lipinski definition) is 2. The monoisotopic (exact) mass is 450 g/mol. The normalized spacial score (nSPS) is 24.6. The van der Waals surface area contributed by atoms with Crippen molar-refractivity contribution in [3.8, 4) is 0 Å². The Labute approximate surface area is 190 Å². The summed E-state index contributed by atoms with van der Waals surface area (Å²) in [6.07, 6.45) is 0.179. The SMILES string of the molecule is Cc1ccccc1[C@H]1NC(=O)C[C@@H](c2cccc(Cl)c2)[C@]12C(=O)Nc1cc(Cl)ccc12. The molecule has 1 spiro atoms. The van der Waals surface area contributed by atoms with Crippen molar-refractivity contribution in [1.29, 1.82) is 0 Å². The van der Waals surface area contributed by atoms with Crippen LogP contribution in [-0.2, 0) is 15.0 Å². The van der Waals surface area contributed by atoms with Crippen LogP contribution in [0, 0.1) is 6.92 Å². The maximum absolute atomic E-state index is 13.9. The van der Waals surface area contributed by atoms with Crippen LogP contribution in [0.3, 0.4) is 0 Å². The second kappa shape index (κ2) is 7.40. The van der Waals surface area contributed by atoms with Crippen molar-refractivity contribution < 1.29 is 9.59 Å². The number of halogens is 2. The third-order valence-electron chi connectivity index (χ3n) is 6.50. The van der Waals surface area contributed by atoms with E-state index < -0.39 is 17.4 Å². The number of carbonyl (C=O) groups is 2. The number of hydrogen-bond acceptors (Lipinski definition) is 2. The zero-order valence-corrected chi connectivity index (χ0v) is 18.3. The van der Waals surface area contributed by atoms with E-state index >= 15 is 0 Å². The fourth-order valence-electron chi connectivity index (χ4n) is 5.18. The van der Waals surface area contributed by atoms with Crippen molar-refractivity contribution in [1.82, 2.24) is 5.32 Å². The van der Waals surface area contributed by atoms with E-state index in [1.54, 1.807) is 18.2 Å². The Morgan fingerprint density at radius 2 is 1.71 bits per heavy atom. The number of piperidine rings is 1. The van der Waals surface area contributed by atoms with E-state index in [0.717, 1.165) is 22.3 Å². The fraction of sp³-hybridized carbons (Fsp3) is 0.200. The summed E-state index contributed by atoms with van der Waals surface area (Å²) in [4.78, 5) is 26.8. The molecule has 0 radical (unpaired) electrons. The van der Waals surface area contributed by atoms with Crippen LogP contribution in [-0.4, -0.2) is 11.8 Å². The molecule has 2 aliphatic heterocycles. The van der Waals surface area contributed by atoms with Crippen LogP contribution >= 0.6 is 23.2 Å². The van der Waals surface area contributed by atoms with Crippen LogP contribution in [0.25, 0.3) is 0 Å². The van der Waals surface area contributed by atoms with E-state index in [1.807, 2.05) is 55.5 Å². The summed E-state index contributed by atoms with van der Waals surface area (Å²) >= 11 is 12.5. The van der Waals surface area contributed by atoms with Gasteiger partial charge in [-0.15, -0.1) is 0 Å². The van der Waals surface area contributed by atoms with Gasteiger partial charge in [0.25, 0.3) is 0 Å². The summed E-state index contributed by atoms with van der Waals surface area (Å²) in [5.74, 6) is -0.644. The third kappa shape index (κ3) is 3.05. The lowest BCUT2D eigenvalue weighted by atomic mass is 9.59. The highest BCUT2D eigenvalue weighted by Crippen LogP contribution is 2.57. The summed E-state index contributed by atoms with van der Waals surface area (Å²) in [6, 6.07) is 20.2. The minimum absolute atomic E-state index is 0.0981. The Balaban J connectivity index is 1.83. The molecule has 156 valence electrons. The summed E-state index contributed by atoms with van der Waals surface area (Å²) in [5, 5.41) is 7.29. The molecule has 3 aromatic carbocycles. The molecule has 0 aliphatic carbocycles. The van der Waals surface area contributed by atoms with E-state index in [0.29, 0.717) is 15.7 Å². The lowest BCUT2D eigenvalue weighted by molar-refractivity contribution is -0.131. The van der Waals surface area contributed by atoms with Crippen LogP contribution in [0.1, 0.15) is 40.6 Å². The molecule has 2 aliphatic rings. The Morgan fingerprint density at radius 1 is 0.935 bits per heavy atom. The number of fused-ring (bicyclic) bond motifs is 2. The summed E-state index contributed by atoms with van der Waals surface area (Å²) in [7, 11) is 0. The zero-order chi connectivity index (χ0) is 21.8. The number of benzene rings is 3. The molecule has 0 saturated carbocycles. The Kier molecular flexibility index (Phi) is 4.80. The number of rotatable bonds is 2. The molecule has 3 aromatic rings. The van der Waals surface area contributed by atoms with Crippen molar-refractivity contribution in [2.45, 2.75) is 30.7 Å². The molecule has 0 bridgehead atoms. The molecule has 5 rings (SSSR count). The molecular weight excluding hydrogens is 431 g/mol. The second-order valence-electron chi connectivity index (χ2n) is 8.18. The molecule has 31 heavy (non-hydrogen) atoms. The maximum atomic E-state index is 13.9. The number of amides is 2. The third-order valence-corrected chi connectivity index (χ3v) is 6.97. The molecule has 4 nitrogen and oxygen atoms in total. The highest BCUT2D eigenvalue weighted by Gasteiger charge is 2.61. The average molecular weight is 451 g/mol. The molecule has 6 heteroatoms. The first-order chi connectivity index (χ1) is 14.9. The number of nitrogens with one attached hydrogen (secondary N) is 2. The van der Waals surface area contributed by atoms with Crippen molar-refractivity contribution in [2.75, 3.05) is 5.32 Å². The minimum Gasteiger partial charge on any atom is -0.348 e. The molecule has 2 heterocycles. The summed E-state index contributed by atoms with van der Waals surface area (Å²) < 4.78 is 0. The molecular formula is C25H20Cl2N2O2. The van der Waals surface area contributed by atoms with Crippen LogP contribution < -0.4 is 10.6 Å². The van der Waals surface area contributed by atoms with Gasteiger partial charge < -0.3 is 10.6 Å². The smallest absolute Gasteiger partial charge is 0.238 e. The first-order valence-corrected chi connectivity index (χ1v) is 10.9. The van der Waals surface area contributed by atoms with E-state index in [9.17, 15) is 9.59 Å². The minimum atomic E-state index is -1.04. The van der Waals surface area contributed by atoms with Crippen LogP contribution in [0.4, 0.5) is 5.69 Å². The van der Waals surface area contributed by atoms with Gasteiger partial charge in [0.2, 0.25) is 11.8 Å². The van der Waals surface area contributed by atoms with Crippen molar-refractivity contribution >= 4 is 40.7 Å². The first-order valence-electron chi connectivity index (χ1n) is 10.1. The molecule has 1 saturated heterocycles. The van der Waals surface area contributed by atoms with Gasteiger partial charge in [0.15, 0.2) is 0 Å². The van der Waals surface area contributed by atoms with Gasteiger partial charge in [-0.1, -0.05) is 65.7 Å². The second-order valence-corrected chi connectivity index (χ2v) is 9.05. The quantitative estimate of drug-likeness (QED) is 0.538. The largest absolute Gasteiger partial charge is 0.348 e. The van der Waals surface area contributed by atoms with Crippen molar-refractivity contribution in [2.24, 2.45) is 0 Å². The van der Waals surface area contributed by atoms with Crippen molar-refractivity contribution in [3.05, 3.63) is 99.0 Å². The highest BCUT2D eigenvalue weighted by atomic mass is 35.5. The van der Waals surface area contributed by atoms with Gasteiger partial charge in [-0.3, -0.25) is 9.59 Å². The van der Waals surface area contributed by atoms with Gasteiger partial charge in [0.05, 0.1) is 6.04 Å². The Morgan fingerprint density at radius 3 is 2.48 bits per heavy atom.